The van der Waals surface area contributed by atoms with Crippen molar-refractivity contribution in [3.63, 3.8) is 0 Å². The minimum Gasteiger partial charge on any atom is -0.465 e. The molecular weight excluding hydrogens is 316 g/mol. The van der Waals surface area contributed by atoms with Crippen molar-refractivity contribution in [2.45, 2.75) is 5.75 Å². The van der Waals surface area contributed by atoms with Gasteiger partial charge in [-0.25, -0.2) is 17.2 Å². The number of esters is 1. The van der Waals surface area contributed by atoms with Crippen molar-refractivity contribution in [3.8, 4) is 0 Å². The Labute approximate surface area is 133 Å². The molecule has 7 heteroatoms. The molecule has 0 fully saturated rings. The van der Waals surface area contributed by atoms with Crippen LogP contribution < -0.4 is 0 Å². The number of carbonyl (C=O) groups is 1. The first kappa shape index (κ1) is 15.2. The minimum atomic E-state index is -3.68. The number of nitrogens with zero attached hydrogens (tertiary/aromatic N) is 2. The number of ether oxygens (including phenoxy) is 1. The van der Waals surface area contributed by atoms with Crippen molar-refractivity contribution < 1.29 is 17.9 Å². The number of methoxy groups -OCH3 is 1. The van der Waals surface area contributed by atoms with Gasteiger partial charge in [0.2, 0.25) is 10.0 Å². The monoisotopic (exact) mass is 330 g/mol. The Bertz CT molecular complexity index is 962. The highest BCUT2D eigenvalue weighted by molar-refractivity contribution is 7.89. The van der Waals surface area contributed by atoms with E-state index in [9.17, 15) is 13.2 Å². The van der Waals surface area contributed by atoms with Crippen LogP contribution in [0.4, 0.5) is 0 Å². The molecule has 6 nitrogen and oxygen atoms in total. The maximum Gasteiger partial charge on any atom is 0.341 e. The van der Waals surface area contributed by atoms with Crippen LogP contribution in [-0.4, -0.2) is 30.5 Å². The van der Waals surface area contributed by atoms with Gasteiger partial charge in [-0.3, -0.25) is 4.98 Å². The van der Waals surface area contributed by atoms with Gasteiger partial charge in [-0.2, -0.15) is 0 Å². The molecule has 0 amide bonds. The summed E-state index contributed by atoms with van der Waals surface area (Å²) >= 11 is 0. The average Bonchev–Trinajstić information content (AvgIpc) is 2.99. The summed E-state index contributed by atoms with van der Waals surface area (Å²) in [4.78, 5) is 15.8. The molecule has 0 aliphatic heterocycles. The minimum absolute atomic E-state index is 0.117. The zero-order chi connectivity index (χ0) is 16.4. The zero-order valence-corrected chi connectivity index (χ0v) is 13.2. The highest BCUT2D eigenvalue weighted by atomic mass is 32.2. The lowest BCUT2D eigenvalue weighted by Crippen LogP contribution is -2.16. The second-order valence-corrected chi connectivity index (χ2v) is 6.82. The van der Waals surface area contributed by atoms with Crippen molar-refractivity contribution in [1.29, 1.82) is 0 Å². The number of hydrogen-bond acceptors (Lipinski definition) is 5. The Balaban J connectivity index is 2.14. The Hall–Kier alpha value is -2.67. The molecular formula is C16H14N2O4S. The van der Waals surface area contributed by atoms with Gasteiger partial charge in [-0.05, 0) is 11.6 Å². The van der Waals surface area contributed by atoms with Crippen LogP contribution in [0.1, 0.15) is 15.9 Å². The third-order valence-electron chi connectivity index (χ3n) is 3.45. The van der Waals surface area contributed by atoms with Gasteiger partial charge in [0, 0.05) is 24.0 Å². The van der Waals surface area contributed by atoms with E-state index in [-0.39, 0.29) is 16.8 Å². The fourth-order valence-corrected chi connectivity index (χ4v) is 3.89. The number of hydrogen-bond donors (Lipinski definition) is 0. The van der Waals surface area contributed by atoms with E-state index >= 15 is 0 Å². The number of fused-ring (bicyclic) bond motifs is 1. The topological polar surface area (TPSA) is 78.3 Å². The smallest absolute Gasteiger partial charge is 0.341 e. The molecule has 3 aromatic rings. The summed E-state index contributed by atoms with van der Waals surface area (Å²) in [5.41, 5.74) is 1.07. The summed E-state index contributed by atoms with van der Waals surface area (Å²) in [7, 11) is -2.44. The average molecular weight is 330 g/mol. The summed E-state index contributed by atoms with van der Waals surface area (Å²) in [5, 5.41) is 0.560. The molecule has 3 rings (SSSR count). The van der Waals surface area contributed by atoms with E-state index in [1.54, 1.807) is 30.3 Å². The van der Waals surface area contributed by atoms with Crippen LogP contribution >= 0.6 is 0 Å². The first-order chi connectivity index (χ1) is 11.0. The Morgan fingerprint density at radius 1 is 1.17 bits per heavy atom. The lowest BCUT2D eigenvalue weighted by Gasteiger charge is -2.10. The van der Waals surface area contributed by atoms with Gasteiger partial charge < -0.3 is 4.74 Å². The van der Waals surface area contributed by atoms with Crippen LogP contribution in [0.25, 0.3) is 10.9 Å². The van der Waals surface area contributed by atoms with Crippen LogP contribution in [0, 0.1) is 0 Å². The van der Waals surface area contributed by atoms with Crippen molar-refractivity contribution >= 4 is 26.9 Å². The third kappa shape index (κ3) is 2.83. The molecule has 0 atom stereocenters. The molecule has 0 radical (unpaired) electrons. The van der Waals surface area contributed by atoms with Crippen LogP contribution in [-0.2, 0) is 20.5 Å². The molecule has 2 heterocycles. The molecule has 2 aromatic heterocycles. The van der Waals surface area contributed by atoms with Gasteiger partial charge in [0.1, 0.15) is 5.56 Å². The van der Waals surface area contributed by atoms with Crippen LogP contribution in [0.3, 0.4) is 0 Å². The normalized spacial score (nSPS) is 11.5. The predicted octanol–water partition coefficient (Wildman–Crippen LogP) is 2.20. The largest absolute Gasteiger partial charge is 0.465 e. The number of rotatable bonds is 4. The molecule has 0 bridgehead atoms. The highest BCUT2D eigenvalue weighted by Gasteiger charge is 2.21. The van der Waals surface area contributed by atoms with Gasteiger partial charge in [0.15, 0.2) is 0 Å². The van der Waals surface area contributed by atoms with Gasteiger partial charge in [-0.15, -0.1) is 0 Å². The van der Waals surface area contributed by atoms with E-state index in [2.05, 4.69) is 4.98 Å². The number of pyridine rings is 1. The van der Waals surface area contributed by atoms with E-state index in [1.807, 2.05) is 6.07 Å². The van der Waals surface area contributed by atoms with Crippen LogP contribution in [0.2, 0.25) is 0 Å². The lowest BCUT2D eigenvalue weighted by molar-refractivity contribution is 0.0602. The molecule has 0 saturated heterocycles. The fraction of sp³-hybridized carbons (Fsp3) is 0.125. The van der Waals surface area contributed by atoms with Crippen molar-refractivity contribution in [1.82, 2.24) is 8.96 Å². The standard InChI is InChI=1S/C16H14N2O4S/c1-22-16(19)14-10-17-9-13-7-8-18(15(13)14)23(20,21)11-12-5-3-2-4-6-12/h2-10H,11H2,1H3. The van der Waals surface area contributed by atoms with Crippen molar-refractivity contribution in [3.05, 3.63) is 66.1 Å². The molecule has 23 heavy (non-hydrogen) atoms. The van der Waals surface area contributed by atoms with Crippen molar-refractivity contribution in [2.24, 2.45) is 0 Å². The Morgan fingerprint density at radius 3 is 2.61 bits per heavy atom. The zero-order valence-electron chi connectivity index (χ0n) is 12.3. The van der Waals surface area contributed by atoms with Gasteiger partial charge in [0.25, 0.3) is 0 Å². The molecule has 0 saturated carbocycles. The fourth-order valence-electron chi connectivity index (χ4n) is 2.41. The second-order valence-electron chi connectivity index (χ2n) is 4.97. The molecule has 118 valence electrons. The molecule has 0 aliphatic rings. The van der Waals surface area contributed by atoms with E-state index in [0.29, 0.717) is 10.9 Å². The van der Waals surface area contributed by atoms with E-state index in [4.69, 9.17) is 4.74 Å². The van der Waals surface area contributed by atoms with E-state index in [0.717, 1.165) is 3.97 Å². The van der Waals surface area contributed by atoms with Gasteiger partial charge in [-0.1, -0.05) is 30.3 Å². The molecule has 1 aromatic carbocycles. The summed E-state index contributed by atoms with van der Waals surface area (Å²) in [5.74, 6) is -0.793. The summed E-state index contributed by atoms with van der Waals surface area (Å²) in [6.45, 7) is 0. The van der Waals surface area contributed by atoms with Crippen LogP contribution in [0.15, 0.2) is 55.0 Å². The first-order valence-electron chi connectivity index (χ1n) is 6.83. The predicted molar refractivity (Wildman–Crippen MR) is 85.5 cm³/mol. The molecule has 0 spiro atoms. The lowest BCUT2D eigenvalue weighted by atomic mass is 10.2. The summed E-state index contributed by atoms with van der Waals surface area (Å²) in [6, 6.07) is 10.5. The van der Waals surface area contributed by atoms with Crippen molar-refractivity contribution in [2.75, 3.05) is 7.11 Å². The molecule has 0 aliphatic carbocycles. The maximum absolute atomic E-state index is 12.7. The highest BCUT2D eigenvalue weighted by Crippen LogP contribution is 2.23. The van der Waals surface area contributed by atoms with E-state index in [1.165, 1.54) is 25.7 Å². The quantitative estimate of drug-likeness (QED) is 0.685. The van der Waals surface area contributed by atoms with Crippen LogP contribution in [0.5, 0.6) is 0 Å². The Morgan fingerprint density at radius 2 is 1.91 bits per heavy atom. The first-order valence-corrected chi connectivity index (χ1v) is 8.44. The van der Waals surface area contributed by atoms with E-state index < -0.39 is 16.0 Å². The summed E-state index contributed by atoms with van der Waals surface area (Å²) in [6.07, 6.45) is 4.25. The number of aromatic nitrogens is 2. The Kier molecular flexibility index (Phi) is 3.87. The number of benzene rings is 1. The SMILES string of the molecule is COC(=O)c1cncc2ccn(S(=O)(=O)Cc3ccccc3)c12. The molecule has 0 unspecified atom stereocenters. The van der Waals surface area contributed by atoms with Gasteiger partial charge in [0.05, 0.1) is 18.4 Å². The summed E-state index contributed by atoms with van der Waals surface area (Å²) < 4.78 is 31.3. The second kappa shape index (κ2) is 5.85. The number of carbonyl (C=O) groups excluding carboxylic acids is 1. The van der Waals surface area contributed by atoms with Gasteiger partial charge >= 0.3 is 5.97 Å². The third-order valence-corrected chi connectivity index (χ3v) is 5.05. The molecule has 0 N–H and O–H groups in total. The maximum atomic E-state index is 12.7.